The summed E-state index contributed by atoms with van der Waals surface area (Å²) in [6, 6.07) is 21.6. The molecule has 9 rings (SSSR count). The number of aliphatic imine (C=N–C) groups is 3. The minimum Gasteiger partial charge on any atom is -0.518 e. The van der Waals surface area contributed by atoms with Crippen molar-refractivity contribution >= 4 is 57.9 Å². The molecule has 7 nitrogen and oxygen atoms in total. The highest BCUT2D eigenvalue weighted by Crippen LogP contribution is 2.41. The van der Waals surface area contributed by atoms with Crippen LogP contribution in [-0.2, 0) is 0 Å². The predicted molar refractivity (Wildman–Crippen MR) is 153 cm³/mol. The van der Waals surface area contributed by atoms with Crippen LogP contribution >= 0.6 is 0 Å². The third-order valence-electron chi connectivity index (χ3n) is 7.90. The fourth-order valence-electron chi connectivity index (χ4n) is 5.95. The average Bonchev–Trinajstić information content (AvgIpc) is 3.67. The normalized spacial score (nSPS) is 14.2. The highest BCUT2D eigenvalue weighted by molar-refractivity contribution is 6.52. The zero-order valence-corrected chi connectivity index (χ0v) is 22.0. The van der Waals surface area contributed by atoms with Crippen molar-refractivity contribution in [2.45, 2.75) is 0 Å². The van der Waals surface area contributed by atoms with E-state index in [1.165, 1.54) is 8.96 Å². The van der Waals surface area contributed by atoms with E-state index in [-0.39, 0.29) is 11.2 Å². The molecular formula is C31H12BF5N6O. The molecule has 2 aromatic heterocycles. The Kier molecular flexibility index (Phi) is 4.85. The minimum absolute atomic E-state index is 0.235. The molecule has 13 heteroatoms. The van der Waals surface area contributed by atoms with Crippen molar-refractivity contribution in [2.75, 3.05) is 0 Å². The van der Waals surface area contributed by atoms with Crippen LogP contribution in [0, 0.1) is 29.1 Å². The van der Waals surface area contributed by atoms with Crippen LogP contribution in [0.4, 0.5) is 33.6 Å². The zero-order chi connectivity index (χ0) is 29.9. The second-order valence-corrected chi connectivity index (χ2v) is 10.2. The first-order chi connectivity index (χ1) is 21.4. The van der Waals surface area contributed by atoms with E-state index in [0.717, 1.165) is 5.56 Å². The Balaban J connectivity index is 1.49. The lowest BCUT2D eigenvalue weighted by atomic mass is 9.97. The zero-order valence-electron chi connectivity index (χ0n) is 22.0. The van der Waals surface area contributed by atoms with Gasteiger partial charge in [-0.1, -0.05) is 72.8 Å². The van der Waals surface area contributed by atoms with Crippen LogP contribution < -0.4 is 15.5 Å². The van der Waals surface area contributed by atoms with E-state index < -0.39 is 42.0 Å². The molecule has 6 aromatic rings. The summed E-state index contributed by atoms with van der Waals surface area (Å²) in [4.78, 5) is 19.1. The van der Waals surface area contributed by atoms with E-state index in [1.54, 1.807) is 48.5 Å². The maximum absolute atomic E-state index is 15.1. The summed E-state index contributed by atoms with van der Waals surface area (Å²) in [5.41, 5.74) is 1.70. The monoisotopic (exact) mass is 590 g/mol. The molecule has 0 radical (unpaired) electrons. The Labute approximate surface area is 243 Å². The molecule has 0 fully saturated rings. The van der Waals surface area contributed by atoms with E-state index in [0.29, 0.717) is 50.1 Å². The van der Waals surface area contributed by atoms with Crippen molar-refractivity contribution in [1.82, 2.24) is 8.96 Å². The van der Waals surface area contributed by atoms with Crippen molar-refractivity contribution < 1.29 is 26.6 Å². The summed E-state index contributed by atoms with van der Waals surface area (Å²) in [7, 11) is -1.58. The first kappa shape index (κ1) is 24.8. The summed E-state index contributed by atoms with van der Waals surface area (Å²) in [5.74, 6) is -8.07. The molecule has 0 spiro atoms. The van der Waals surface area contributed by atoms with Crippen LogP contribution in [0.15, 0.2) is 92.8 Å². The van der Waals surface area contributed by atoms with Gasteiger partial charge >= 0.3 is 7.19 Å². The lowest BCUT2D eigenvalue weighted by Gasteiger charge is -2.23. The Morgan fingerprint density at radius 3 is 1.80 bits per heavy atom. The number of halogens is 5. The van der Waals surface area contributed by atoms with Crippen LogP contribution in [0.5, 0.6) is 5.75 Å². The molecule has 0 N–H and O–H groups in total. The maximum Gasteiger partial charge on any atom is 0.632 e. The Morgan fingerprint density at radius 2 is 1.11 bits per heavy atom. The van der Waals surface area contributed by atoms with Crippen molar-refractivity contribution in [3.8, 4) is 5.75 Å². The predicted octanol–water partition coefficient (Wildman–Crippen LogP) is 5.21. The van der Waals surface area contributed by atoms with Gasteiger partial charge in [0.25, 0.3) is 0 Å². The van der Waals surface area contributed by atoms with E-state index in [4.69, 9.17) is 14.6 Å². The standard InChI is InChI=1S/C31H12BF5N6O/c33-21-22(34)24(36)26(25(37)23(21)35)44-32-42-20-13-38-27-15-8-2-3-9-16(15)28(39-27)40-29-18-11-5-6-12-19(18)31(43(29)32)41-30(42)17-10-4-1-7-14(17)20/h1-12H. The highest BCUT2D eigenvalue weighted by Gasteiger charge is 2.41. The van der Waals surface area contributed by atoms with Gasteiger partial charge in [0, 0.05) is 38.5 Å². The van der Waals surface area contributed by atoms with Gasteiger partial charge in [-0.15, -0.1) is 0 Å². The number of hydrogen-bond acceptors (Lipinski definition) is 5. The van der Waals surface area contributed by atoms with Gasteiger partial charge in [0.2, 0.25) is 29.1 Å². The topological polar surface area (TPSA) is 68.5 Å². The van der Waals surface area contributed by atoms with Gasteiger partial charge in [-0.2, -0.15) is 13.8 Å². The molecular weight excluding hydrogens is 578 g/mol. The van der Waals surface area contributed by atoms with Gasteiger partial charge in [0.1, 0.15) is 22.5 Å². The van der Waals surface area contributed by atoms with Gasteiger partial charge in [-0.25, -0.2) is 28.1 Å². The fourth-order valence-corrected chi connectivity index (χ4v) is 5.95. The molecule has 210 valence electrons. The van der Waals surface area contributed by atoms with Gasteiger partial charge in [0.15, 0.2) is 17.4 Å². The third-order valence-corrected chi connectivity index (χ3v) is 7.90. The molecule has 0 unspecified atom stereocenters. The highest BCUT2D eigenvalue weighted by atomic mass is 19.2. The summed E-state index contributed by atoms with van der Waals surface area (Å²) in [6.07, 6.45) is 0. The van der Waals surface area contributed by atoms with Gasteiger partial charge in [-0.05, 0) is 0 Å². The number of hydrogen-bond donors (Lipinski definition) is 0. The van der Waals surface area contributed by atoms with Crippen LogP contribution in [0.25, 0.3) is 21.5 Å². The maximum atomic E-state index is 15.1. The summed E-state index contributed by atoms with van der Waals surface area (Å²) >= 11 is 0. The van der Waals surface area contributed by atoms with Crippen molar-refractivity contribution in [2.24, 2.45) is 20.0 Å². The van der Waals surface area contributed by atoms with Crippen LogP contribution in [0.1, 0.15) is 11.1 Å². The summed E-state index contributed by atoms with van der Waals surface area (Å²) in [6.45, 7) is 0. The number of aromatic nitrogens is 2. The number of fused-ring (bicyclic) bond motifs is 10. The quantitative estimate of drug-likeness (QED) is 0.118. The lowest BCUT2D eigenvalue weighted by molar-refractivity contribution is 0.344. The fraction of sp³-hybridized carbons (Fsp3) is 0. The molecule has 5 heterocycles. The third kappa shape index (κ3) is 3.10. The molecule has 0 atom stereocenters. The van der Waals surface area contributed by atoms with Gasteiger partial charge in [-0.3, -0.25) is 4.48 Å². The largest absolute Gasteiger partial charge is 0.632 e. The molecule has 0 amide bonds. The average molecular weight is 590 g/mol. The van der Waals surface area contributed by atoms with Crippen molar-refractivity contribution in [1.29, 1.82) is 0 Å². The second-order valence-electron chi connectivity index (χ2n) is 10.2. The molecule has 3 aliphatic heterocycles. The number of rotatable bonds is 2. The lowest BCUT2D eigenvalue weighted by Crippen LogP contribution is -2.52. The van der Waals surface area contributed by atoms with Gasteiger partial charge in [0.05, 0.1) is 0 Å². The molecule has 4 bridgehead atoms. The number of benzene rings is 4. The first-order valence-electron chi connectivity index (χ1n) is 13.3. The summed E-state index contributed by atoms with van der Waals surface area (Å²) < 4.78 is 81.9. The Bertz CT molecular complexity index is 2520. The minimum atomic E-state index is -2.29. The van der Waals surface area contributed by atoms with E-state index in [9.17, 15) is 13.2 Å². The van der Waals surface area contributed by atoms with Crippen molar-refractivity contribution in [3.05, 3.63) is 124 Å². The Morgan fingerprint density at radius 1 is 0.568 bits per heavy atom. The van der Waals surface area contributed by atoms with E-state index in [2.05, 4.69) is 15.9 Å². The molecule has 4 aromatic carbocycles. The SMILES string of the molecule is Fc1c(F)c(F)c(OB2n3c4c5ccccc5c3N=c3c5ccccc5c(n32)=C=NC2=NC(=N4)c3ccccc32)c(F)c1F. The number of nitrogens with zero attached hydrogens (tertiary/aromatic N) is 6. The van der Waals surface area contributed by atoms with Gasteiger partial charge < -0.3 is 9.13 Å². The second kappa shape index (κ2) is 8.62. The first-order valence-corrected chi connectivity index (χ1v) is 13.3. The molecule has 3 aliphatic rings. The van der Waals surface area contributed by atoms with Crippen molar-refractivity contribution in [3.63, 3.8) is 0 Å². The molecule has 0 saturated carbocycles. The van der Waals surface area contributed by atoms with Crippen LogP contribution in [-0.4, -0.2) is 33.7 Å². The van der Waals surface area contributed by atoms with E-state index in [1.807, 2.05) is 24.3 Å². The van der Waals surface area contributed by atoms with E-state index >= 15 is 8.78 Å². The smallest absolute Gasteiger partial charge is 0.518 e. The molecule has 0 saturated heterocycles. The number of amidine groups is 2. The van der Waals surface area contributed by atoms with Crippen LogP contribution in [0.2, 0.25) is 0 Å². The Hall–Kier alpha value is -5.81. The summed E-state index contributed by atoms with van der Waals surface area (Å²) in [5, 5.41) is 2.69. The van der Waals surface area contributed by atoms with Crippen LogP contribution in [0.3, 0.4) is 0 Å². The molecule has 0 aliphatic carbocycles. The molecule has 44 heavy (non-hydrogen) atoms.